The monoisotopic (exact) mass is 630 g/mol. The van der Waals surface area contributed by atoms with Crippen LogP contribution in [0, 0.1) is 9.39 Å². The molecule has 0 unspecified atom stereocenters. The third-order valence-electron chi connectivity index (χ3n) is 5.51. The highest BCUT2D eigenvalue weighted by molar-refractivity contribution is 14.1. The molecular formula is C27H20FIN2O7. The van der Waals surface area contributed by atoms with Crippen molar-refractivity contribution in [2.24, 2.45) is 0 Å². The summed E-state index contributed by atoms with van der Waals surface area (Å²) in [5, 5.41) is 2.16. The molecule has 9 nitrogen and oxygen atoms in total. The molecule has 1 aliphatic heterocycles. The molecular weight excluding hydrogens is 610 g/mol. The van der Waals surface area contributed by atoms with Crippen LogP contribution in [-0.4, -0.2) is 38.0 Å². The van der Waals surface area contributed by atoms with Crippen molar-refractivity contribution >= 4 is 58.2 Å². The van der Waals surface area contributed by atoms with Crippen LogP contribution in [0.15, 0.2) is 66.2 Å². The average Bonchev–Trinajstić information content (AvgIpc) is 2.91. The number of carbonyl (C=O) groups excluding carboxylic acids is 4. The van der Waals surface area contributed by atoms with E-state index in [-0.39, 0.29) is 29.2 Å². The molecule has 1 saturated heterocycles. The number of esters is 1. The predicted octanol–water partition coefficient (Wildman–Crippen LogP) is 4.47. The highest BCUT2D eigenvalue weighted by atomic mass is 127. The van der Waals surface area contributed by atoms with Crippen LogP contribution >= 0.6 is 22.6 Å². The fourth-order valence-corrected chi connectivity index (χ4v) is 4.40. The summed E-state index contributed by atoms with van der Waals surface area (Å²) < 4.78 is 29.8. The van der Waals surface area contributed by atoms with Gasteiger partial charge in [0.05, 0.1) is 29.0 Å². The van der Waals surface area contributed by atoms with E-state index in [1.54, 1.807) is 24.3 Å². The molecule has 1 aliphatic rings. The standard InChI is InChI=1S/C27H20FIN2O7/c1-36-22-13-16(12-21(29)23(22)38-14-15-3-7-18(28)8-4-15)11-20-24(32)30-27(35)31(25(20)33)19-9-5-17(6-10-19)26(34)37-2/h3-13H,14H2,1-2H3,(H,30,32,35)/b20-11+. The quantitative estimate of drug-likeness (QED) is 0.178. The van der Waals surface area contributed by atoms with Crippen LogP contribution in [0.1, 0.15) is 21.5 Å². The van der Waals surface area contributed by atoms with Crippen LogP contribution in [0.2, 0.25) is 0 Å². The predicted molar refractivity (Wildman–Crippen MR) is 143 cm³/mol. The molecule has 0 aromatic heterocycles. The van der Waals surface area contributed by atoms with Crippen LogP contribution in [0.25, 0.3) is 6.08 Å². The Morgan fingerprint density at radius 2 is 1.71 bits per heavy atom. The van der Waals surface area contributed by atoms with Crippen molar-refractivity contribution < 1.29 is 37.8 Å². The van der Waals surface area contributed by atoms with Gasteiger partial charge in [-0.3, -0.25) is 14.9 Å². The van der Waals surface area contributed by atoms with E-state index in [1.807, 2.05) is 22.6 Å². The van der Waals surface area contributed by atoms with Crippen molar-refractivity contribution in [1.29, 1.82) is 0 Å². The lowest BCUT2D eigenvalue weighted by atomic mass is 10.1. The third kappa shape index (κ3) is 5.67. The maximum atomic E-state index is 13.2. The number of anilines is 1. The second-order valence-corrected chi connectivity index (χ2v) is 9.11. The topological polar surface area (TPSA) is 111 Å². The van der Waals surface area contributed by atoms with Crippen molar-refractivity contribution in [3.63, 3.8) is 0 Å². The molecule has 0 bridgehead atoms. The van der Waals surface area contributed by atoms with Gasteiger partial charge in [-0.25, -0.2) is 18.9 Å². The van der Waals surface area contributed by atoms with Gasteiger partial charge in [0, 0.05) is 0 Å². The van der Waals surface area contributed by atoms with Crippen molar-refractivity contribution in [1.82, 2.24) is 5.32 Å². The molecule has 38 heavy (non-hydrogen) atoms. The number of nitrogens with one attached hydrogen (secondary N) is 1. The fraction of sp³-hybridized carbons (Fsp3) is 0.111. The minimum Gasteiger partial charge on any atom is -0.493 e. The van der Waals surface area contributed by atoms with Gasteiger partial charge in [-0.05, 0) is 88.3 Å². The number of nitrogens with zero attached hydrogens (tertiary/aromatic N) is 1. The highest BCUT2D eigenvalue weighted by Gasteiger charge is 2.37. The number of hydrogen-bond acceptors (Lipinski definition) is 7. The first-order valence-corrected chi connectivity index (χ1v) is 12.1. The van der Waals surface area contributed by atoms with Crippen LogP contribution < -0.4 is 19.7 Å². The maximum absolute atomic E-state index is 13.2. The number of ether oxygens (including phenoxy) is 3. The fourth-order valence-electron chi connectivity index (χ4n) is 3.62. The van der Waals surface area contributed by atoms with E-state index in [2.05, 4.69) is 10.1 Å². The Kier molecular flexibility index (Phi) is 8.05. The number of carbonyl (C=O) groups is 4. The Morgan fingerprint density at radius 1 is 1.03 bits per heavy atom. The van der Waals surface area contributed by atoms with E-state index in [0.717, 1.165) is 10.5 Å². The van der Waals surface area contributed by atoms with E-state index in [1.165, 1.54) is 56.7 Å². The molecule has 0 aliphatic carbocycles. The number of benzene rings is 3. The van der Waals surface area contributed by atoms with Crippen LogP contribution in [-0.2, 0) is 20.9 Å². The largest absolute Gasteiger partial charge is 0.493 e. The first-order chi connectivity index (χ1) is 18.2. The average molecular weight is 630 g/mol. The lowest BCUT2D eigenvalue weighted by Gasteiger charge is -2.26. The van der Waals surface area contributed by atoms with Crippen molar-refractivity contribution in [2.75, 3.05) is 19.1 Å². The van der Waals surface area contributed by atoms with Gasteiger partial charge in [-0.2, -0.15) is 0 Å². The number of barbiturate groups is 1. The molecule has 0 radical (unpaired) electrons. The lowest BCUT2D eigenvalue weighted by molar-refractivity contribution is -0.122. The zero-order valence-corrected chi connectivity index (χ0v) is 22.3. The summed E-state index contributed by atoms with van der Waals surface area (Å²) in [6.07, 6.45) is 1.34. The first-order valence-electron chi connectivity index (χ1n) is 11.1. The molecule has 3 aromatic rings. The maximum Gasteiger partial charge on any atom is 0.337 e. The summed E-state index contributed by atoms with van der Waals surface area (Å²) in [5.41, 5.74) is 1.32. The Morgan fingerprint density at radius 3 is 2.34 bits per heavy atom. The number of rotatable bonds is 7. The molecule has 1 heterocycles. The van der Waals surface area contributed by atoms with Crippen LogP contribution in [0.5, 0.6) is 11.5 Å². The van der Waals surface area contributed by atoms with E-state index in [4.69, 9.17) is 9.47 Å². The van der Waals surface area contributed by atoms with Crippen LogP contribution in [0.4, 0.5) is 14.9 Å². The molecule has 3 aromatic carbocycles. The second-order valence-electron chi connectivity index (χ2n) is 7.95. The Labute approximate surface area is 230 Å². The Balaban J connectivity index is 1.61. The molecule has 1 N–H and O–H groups in total. The number of urea groups is 1. The molecule has 11 heteroatoms. The van der Waals surface area contributed by atoms with E-state index in [0.29, 0.717) is 20.6 Å². The summed E-state index contributed by atoms with van der Waals surface area (Å²) in [6.45, 7) is 0.166. The van der Waals surface area contributed by atoms with E-state index >= 15 is 0 Å². The molecule has 0 spiro atoms. The van der Waals surface area contributed by atoms with E-state index in [9.17, 15) is 23.6 Å². The summed E-state index contributed by atoms with van der Waals surface area (Å²) in [6, 6.07) is 13.8. The van der Waals surface area contributed by atoms with Gasteiger partial charge >= 0.3 is 12.0 Å². The van der Waals surface area contributed by atoms with Crippen molar-refractivity contribution in [3.05, 3.63) is 92.3 Å². The van der Waals surface area contributed by atoms with E-state index < -0.39 is 23.8 Å². The lowest BCUT2D eigenvalue weighted by Crippen LogP contribution is -2.54. The first kappa shape index (κ1) is 26.8. The molecule has 4 amide bonds. The molecule has 194 valence electrons. The third-order valence-corrected chi connectivity index (χ3v) is 6.31. The second kappa shape index (κ2) is 11.4. The number of hydrogen-bond donors (Lipinski definition) is 1. The Bertz CT molecular complexity index is 1450. The molecule has 1 fully saturated rings. The van der Waals surface area contributed by atoms with Gasteiger partial charge in [0.2, 0.25) is 0 Å². The van der Waals surface area contributed by atoms with Gasteiger partial charge in [-0.1, -0.05) is 12.1 Å². The summed E-state index contributed by atoms with van der Waals surface area (Å²) in [7, 11) is 2.69. The zero-order valence-electron chi connectivity index (χ0n) is 20.1. The number of methoxy groups -OCH3 is 2. The zero-order chi connectivity index (χ0) is 27.4. The molecule has 0 atom stereocenters. The minimum atomic E-state index is -0.917. The van der Waals surface area contributed by atoms with Crippen LogP contribution in [0.3, 0.4) is 0 Å². The number of imide groups is 2. The van der Waals surface area contributed by atoms with Gasteiger partial charge < -0.3 is 14.2 Å². The van der Waals surface area contributed by atoms with Gasteiger partial charge in [0.15, 0.2) is 11.5 Å². The molecule has 4 rings (SSSR count). The smallest absolute Gasteiger partial charge is 0.337 e. The number of amides is 4. The molecule has 0 saturated carbocycles. The van der Waals surface area contributed by atoms with Crippen molar-refractivity contribution in [3.8, 4) is 11.5 Å². The van der Waals surface area contributed by atoms with Gasteiger partial charge in [0.1, 0.15) is 18.0 Å². The SMILES string of the molecule is COC(=O)c1ccc(N2C(=O)NC(=O)/C(=C\c3cc(I)c(OCc4ccc(F)cc4)c(OC)c3)C2=O)cc1. The summed E-state index contributed by atoms with van der Waals surface area (Å²) >= 11 is 2.03. The summed E-state index contributed by atoms with van der Waals surface area (Å²) in [5.74, 6) is -1.83. The van der Waals surface area contributed by atoms with Gasteiger partial charge in [-0.15, -0.1) is 0 Å². The minimum absolute atomic E-state index is 0.162. The normalized spacial score (nSPS) is 14.4. The number of halogens is 2. The van der Waals surface area contributed by atoms with Crippen molar-refractivity contribution in [2.45, 2.75) is 6.61 Å². The summed E-state index contributed by atoms with van der Waals surface area (Å²) in [4.78, 5) is 50.8. The highest BCUT2D eigenvalue weighted by Crippen LogP contribution is 2.35. The Hall–Kier alpha value is -4.26. The van der Waals surface area contributed by atoms with Gasteiger partial charge in [0.25, 0.3) is 11.8 Å².